The molecule has 0 saturated carbocycles. The van der Waals surface area contributed by atoms with Crippen LogP contribution in [0.1, 0.15) is 6.92 Å². The van der Waals surface area contributed by atoms with E-state index in [0.717, 1.165) is 0 Å². The van der Waals surface area contributed by atoms with E-state index in [1.54, 1.807) is 19.6 Å². The number of hydrogen-bond acceptors (Lipinski definition) is 1. The Bertz CT molecular complexity index is 124. The van der Waals surface area contributed by atoms with Crippen molar-refractivity contribution < 1.29 is 0 Å². The summed E-state index contributed by atoms with van der Waals surface area (Å²) >= 11 is 0. The Morgan fingerprint density at radius 1 is 1.44 bits per heavy atom. The number of nitrogens with zero attached hydrogens (tertiary/aromatic N) is 2. The predicted octanol–water partition coefficient (Wildman–Crippen LogP) is 0.796. The van der Waals surface area contributed by atoms with Crippen LogP contribution in [-0.2, 0) is 0 Å². The van der Waals surface area contributed by atoms with Crippen molar-refractivity contribution in [3.63, 3.8) is 0 Å². The van der Waals surface area contributed by atoms with E-state index in [1.165, 1.54) is 6.34 Å². The maximum Gasteiger partial charge on any atom is 0.111 e. The van der Waals surface area contributed by atoms with Gasteiger partial charge in [-0.2, -0.15) is 0 Å². The van der Waals surface area contributed by atoms with Gasteiger partial charge in [0.15, 0.2) is 0 Å². The molecule has 3 nitrogen and oxygen atoms in total. The summed E-state index contributed by atoms with van der Waals surface area (Å²) in [5.41, 5.74) is 0. The van der Waals surface area contributed by atoms with Gasteiger partial charge in [0.05, 0.1) is 6.34 Å². The Labute approximate surface area is 55.2 Å². The van der Waals surface area contributed by atoms with Crippen molar-refractivity contribution in [3.05, 3.63) is 12.3 Å². The number of hydrogen-bond donors (Lipinski definition) is 1. The molecule has 0 aromatic carbocycles. The van der Waals surface area contributed by atoms with Crippen molar-refractivity contribution in [2.24, 2.45) is 9.98 Å². The van der Waals surface area contributed by atoms with Gasteiger partial charge in [-0.25, -0.2) is 4.99 Å². The molecule has 0 amide bonds. The van der Waals surface area contributed by atoms with Crippen LogP contribution in [0.4, 0.5) is 0 Å². The standard InChI is InChI=1S/C6H11N3/c1-3-4-8-6-9-5-7-2/h3-6H,1-2H3,(H,7,8,9)/b4-3+. The van der Waals surface area contributed by atoms with Gasteiger partial charge in [-0.05, 0) is 13.1 Å². The van der Waals surface area contributed by atoms with Gasteiger partial charge in [0.1, 0.15) is 6.34 Å². The molecule has 0 aliphatic heterocycles. The molecule has 1 N–H and O–H groups in total. The molecule has 3 heteroatoms. The second kappa shape index (κ2) is 6.88. The quantitative estimate of drug-likeness (QED) is 0.439. The second-order valence-corrected chi connectivity index (χ2v) is 1.32. The van der Waals surface area contributed by atoms with E-state index in [0.29, 0.717) is 0 Å². The van der Waals surface area contributed by atoms with Crippen LogP contribution in [0.3, 0.4) is 0 Å². The summed E-state index contributed by atoms with van der Waals surface area (Å²) < 4.78 is 0. The molecule has 0 unspecified atom stereocenters. The molecule has 0 rings (SSSR count). The highest BCUT2D eigenvalue weighted by atomic mass is 14.9. The minimum Gasteiger partial charge on any atom is -0.353 e. The zero-order chi connectivity index (χ0) is 6.95. The van der Waals surface area contributed by atoms with Crippen molar-refractivity contribution in [1.29, 1.82) is 0 Å². The van der Waals surface area contributed by atoms with Crippen LogP contribution in [0.25, 0.3) is 0 Å². The van der Waals surface area contributed by atoms with Crippen LogP contribution in [0.5, 0.6) is 0 Å². The van der Waals surface area contributed by atoms with Crippen LogP contribution in [0.2, 0.25) is 0 Å². The maximum atomic E-state index is 3.75. The summed E-state index contributed by atoms with van der Waals surface area (Å²) in [5.74, 6) is 0. The third-order valence-corrected chi connectivity index (χ3v) is 0.594. The molecule has 0 spiro atoms. The summed E-state index contributed by atoms with van der Waals surface area (Å²) in [6.45, 7) is 1.93. The molecule has 0 fully saturated rings. The third kappa shape index (κ3) is 6.88. The first-order chi connectivity index (χ1) is 4.41. The Balaban J connectivity index is 3.25. The molecule has 0 aromatic rings. The van der Waals surface area contributed by atoms with Gasteiger partial charge in [0.2, 0.25) is 0 Å². The molecule has 9 heavy (non-hydrogen) atoms. The summed E-state index contributed by atoms with van der Waals surface area (Å²) in [7, 11) is 1.67. The van der Waals surface area contributed by atoms with Crippen molar-refractivity contribution in [2.75, 3.05) is 7.05 Å². The van der Waals surface area contributed by atoms with Gasteiger partial charge in [-0.3, -0.25) is 4.99 Å². The number of aliphatic imine (C=N–C) groups is 2. The van der Waals surface area contributed by atoms with Crippen molar-refractivity contribution >= 4 is 12.7 Å². The van der Waals surface area contributed by atoms with E-state index in [2.05, 4.69) is 15.3 Å². The van der Waals surface area contributed by atoms with Gasteiger partial charge < -0.3 is 5.32 Å². The molecular formula is C6H11N3. The summed E-state index contributed by atoms with van der Waals surface area (Å²) in [6.07, 6.45) is 6.70. The molecule has 0 heterocycles. The summed E-state index contributed by atoms with van der Waals surface area (Å²) in [4.78, 5) is 7.39. The average molecular weight is 125 g/mol. The SMILES string of the molecule is C/C=C/NC=NC=NC. The summed E-state index contributed by atoms with van der Waals surface area (Å²) in [6, 6.07) is 0. The van der Waals surface area contributed by atoms with Crippen molar-refractivity contribution in [1.82, 2.24) is 5.32 Å². The monoisotopic (exact) mass is 125 g/mol. The zero-order valence-corrected chi connectivity index (χ0v) is 5.70. The highest BCUT2D eigenvalue weighted by Crippen LogP contribution is 1.59. The highest BCUT2D eigenvalue weighted by molar-refractivity contribution is 5.71. The molecule has 50 valence electrons. The predicted molar refractivity (Wildman–Crippen MR) is 40.9 cm³/mol. The lowest BCUT2D eigenvalue weighted by Gasteiger charge is -1.81. The third-order valence-electron chi connectivity index (χ3n) is 0.594. The van der Waals surface area contributed by atoms with Crippen molar-refractivity contribution in [2.45, 2.75) is 6.92 Å². The van der Waals surface area contributed by atoms with E-state index in [1.807, 2.05) is 13.0 Å². The molecular weight excluding hydrogens is 114 g/mol. The lowest BCUT2D eigenvalue weighted by molar-refractivity contribution is 1.30. The average Bonchev–Trinajstić information content (AvgIpc) is 1.89. The first-order valence-electron chi connectivity index (χ1n) is 2.71. The Hall–Kier alpha value is -1.12. The molecule has 0 saturated heterocycles. The zero-order valence-electron chi connectivity index (χ0n) is 5.70. The fourth-order valence-electron chi connectivity index (χ4n) is 0.282. The van der Waals surface area contributed by atoms with Gasteiger partial charge >= 0.3 is 0 Å². The Morgan fingerprint density at radius 2 is 2.22 bits per heavy atom. The minimum absolute atomic E-state index is 1.47. The van der Waals surface area contributed by atoms with E-state index in [9.17, 15) is 0 Å². The van der Waals surface area contributed by atoms with Gasteiger partial charge in [0, 0.05) is 7.05 Å². The Morgan fingerprint density at radius 3 is 2.78 bits per heavy atom. The fraction of sp³-hybridized carbons (Fsp3) is 0.333. The molecule has 0 aliphatic rings. The van der Waals surface area contributed by atoms with E-state index < -0.39 is 0 Å². The number of rotatable bonds is 3. The summed E-state index contributed by atoms with van der Waals surface area (Å²) in [5, 5.41) is 2.81. The Kier molecular flexibility index (Phi) is 6.02. The molecule has 0 atom stereocenters. The normalized spacial score (nSPS) is 12.2. The maximum absolute atomic E-state index is 3.75. The van der Waals surface area contributed by atoms with E-state index in [4.69, 9.17) is 0 Å². The second-order valence-electron chi connectivity index (χ2n) is 1.32. The van der Waals surface area contributed by atoms with Crippen LogP contribution in [0, 0.1) is 0 Å². The minimum atomic E-state index is 1.47. The molecule has 0 aliphatic carbocycles. The van der Waals surface area contributed by atoms with Crippen molar-refractivity contribution in [3.8, 4) is 0 Å². The van der Waals surface area contributed by atoms with Gasteiger partial charge in [-0.1, -0.05) is 6.08 Å². The molecule has 0 radical (unpaired) electrons. The molecule has 0 bridgehead atoms. The van der Waals surface area contributed by atoms with E-state index >= 15 is 0 Å². The van der Waals surface area contributed by atoms with Gasteiger partial charge in [0.25, 0.3) is 0 Å². The first-order valence-corrected chi connectivity index (χ1v) is 2.71. The molecule has 0 aromatic heterocycles. The lowest BCUT2D eigenvalue weighted by Crippen LogP contribution is -1.99. The topological polar surface area (TPSA) is 36.8 Å². The van der Waals surface area contributed by atoms with Crippen LogP contribution in [0.15, 0.2) is 22.3 Å². The van der Waals surface area contributed by atoms with Crippen LogP contribution >= 0.6 is 0 Å². The van der Waals surface area contributed by atoms with Crippen LogP contribution in [-0.4, -0.2) is 19.7 Å². The number of nitrogens with one attached hydrogen (secondary N) is 1. The largest absolute Gasteiger partial charge is 0.353 e. The number of allylic oxidation sites excluding steroid dienone is 1. The first kappa shape index (κ1) is 7.88. The fourth-order valence-corrected chi connectivity index (χ4v) is 0.282. The smallest absolute Gasteiger partial charge is 0.111 e. The van der Waals surface area contributed by atoms with Gasteiger partial charge in [-0.15, -0.1) is 0 Å². The van der Waals surface area contributed by atoms with Crippen LogP contribution < -0.4 is 5.32 Å². The highest BCUT2D eigenvalue weighted by Gasteiger charge is 1.60. The van der Waals surface area contributed by atoms with E-state index in [-0.39, 0.29) is 0 Å². The lowest BCUT2D eigenvalue weighted by atomic mass is 10.7.